The second-order valence-corrected chi connectivity index (χ2v) is 9.74. The molecule has 0 radical (unpaired) electrons. The number of alkyl halides is 3. The molecule has 1 aliphatic rings. The van der Waals surface area contributed by atoms with Gasteiger partial charge in [0.25, 0.3) is 0 Å². The molecule has 0 aliphatic carbocycles. The van der Waals surface area contributed by atoms with Crippen LogP contribution in [-0.4, -0.2) is 69.0 Å². The van der Waals surface area contributed by atoms with Gasteiger partial charge in [-0.3, -0.25) is 4.79 Å². The number of aryl methyl sites for hydroxylation is 1. The van der Waals surface area contributed by atoms with Gasteiger partial charge in [0.1, 0.15) is 6.04 Å². The van der Waals surface area contributed by atoms with Crippen LogP contribution in [0, 0.1) is 0 Å². The van der Waals surface area contributed by atoms with Crippen molar-refractivity contribution in [2.45, 2.75) is 89.3 Å². The first-order valence-electron chi connectivity index (χ1n) is 13.4. The van der Waals surface area contributed by atoms with Gasteiger partial charge in [0.15, 0.2) is 0 Å². The minimum atomic E-state index is -5.08. The number of nitrogens with two attached hydrogens (primary N) is 1. The Labute approximate surface area is 226 Å². The van der Waals surface area contributed by atoms with Crippen LogP contribution in [0.2, 0.25) is 0 Å². The first-order valence-corrected chi connectivity index (χ1v) is 13.4. The summed E-state index contributed by atoms with van der Waals surface area (Å²) in [6.45, 7) is 2.99. The summed E-state index contributed by atoms with van der Waals surface area (Å²) in [6.07, 6.45) is 7.43. The lowest BCUT2D eigenvalue weighted by atomic mass is 10.0. The molecule has 218 valence electrons. The first-order chi connectivity index (χ1) is 18.6. The summed E-state index contributed by atoms with van der Waals surface area (Å²) in [4.78, 5) is 27.3. The van der Waals surface area contributed by atoms with Crippen molar-refractivity contribution in [3.8, 4) is 11.4 Å². The van der Waals surface area contributed by atoms with Gasteiger partial charge in [-0.2, -0.15) is 18.2 Å². The Morgan fingerprint density at radius 3 is 2.26 bits per heavy atom. The molecule has 1 aromatic heterocycles. The van der Waals surface area contributed by atoms with Gasteiger partial charge in [-0.15, -0.1) is 0 Å². The number of aliphatic carboxylic acids is 1. The molecule has 1 aliphatic heterocycles. The maximum Gasteiger partial charge on any atom is 0.490 e. The molecule has 9 nitrogen and oxygen atoms in total. The fraction of sp³-hybridized carbons (Fsp3) is 0.630. The van der Waals surface area contributed by atoms with Gasteiger partial charge < -0.3 is 25.4 Å². The van der Waals surface area contributed by atoms with Gasteiger partial charge >= 0.3 is 12.1 Å². The molecule has 2 unspecified atom stereocenters. The van der Waals surface area contributed by atoms with E-state index >= 15 is 0 Å². The van der Waals surface area contributed by atoms with E-state index in [-0.39, 0.29) is 18.4 Å². The standard InChI is InChI=1S/C25H38N4O3.C2HF3O2/c1-2-3-4-5-6-7-8-9-10-19-11-13-20(14-12-19)23-27-24(32-28-23)21-15-16-29(17-21)25(31)22(26)18-30;3-2(4,5)1(6)7/h11-14,21-22,30H,2-10,15-18,26H2,1H3;(H,6,7). The number of nitrogens with zero attached hydrogens (tertiary/aromatic N) is 3. The molecule has 2 atom stereocenters. The Morgan fingerprint density at radius 2 is 1.69 bits per heavy atom. The zero-order chi connectivity index (χ0) is 28.8. The normalized spacial score (nSPS) is 16.1. The zero-order valence-corrected chi connectivity index (χ0v) is 22.3. The third-order valence-corrected chi connectivity index (χ3v) is 6.58. The molecule has 39 heavy (non-hydrogen) atoms. The second kappa shape index (κ2) is 16.2. The van der Waals surface area contributed by atoms with Crippen LogP contribution < -0.4 is 5.73 Å². The minimum absolute atomic E-state index is 0.00680. The average Bonchev–Trinajstić information content (AvgIpc) is 3.60. The summed E-state index contributed by atoms with van der Waals surface area (Å²) in [5.41, 5.74) is 7.93. The van der Waals surface area contributed by atoms with Crippen LogP contribution in [0.25, 0.3) is 11.4 Å². The molecule has 3 rings (SSSR count). The number of halogens is 3. The van der Waals surface area contributed by atoms with Crippen molar-refractivity contribution < 1.29 is 37.5 Å². The predicted octanol–water partition coefficient (Wildman–Crippen LogP) is 4.69. The lowest BCUT2D eigenvalue weighted by Gasteiger charge is -2.18. The number of aliphatic hydroxyl groups is 1. The van der Waals surface area contributed by atoms with Crippen LogP contribution in [0.1, 0.15) is 82.1 Å². The van der Waals surface area contributed by atoms with Crippen LogP contribution in [0.15, 0.2) is 28.8 Å². The van der Waals surface area contributed by atoms with E-state index in [1.54, 1.807) is 4.90 Å². The molecule has 2 heterocycles. The van der Waals surface area contributed by atoms with Gasteiger partial charge in [0.05, 0.1) is 12.5 Å². The molecule has 1 fully saturated rings. The lowest BCUT2D eigenvalue weighted by Crippen LogP contribution is -2.44. The Balaban J connectivity index is 0.000000673. The summed E-state index contributed by atoms with van der Waals surface area (Å²) in [5.74, 6) is -1.85. The highest BCUT2D eigenvalue weighted by Crippen LogP contribution is 2.28. The Bertz CT molecular complexity index is 1010. The summed E-state index contributed by atoms with van der Waals surface area (Å²) in [6, 6.07) is 7.55. The van der Waals surface area contributed by atoms with Crippen molar-refractivity contribution in [3.63, 3.8) is 0 Å². The van der Waals surface area contributed by atoms with Crippen molar-refractivity contribution in [2.24, 2.45) is 5.73 Å². The number of hydrogen-bond donors (Lipinski definition) is 3. The van der Waals surface area contributed by atoms with E-state index in [4.69, 9.17) is 25.3 Å². The van der Waals surface area contributed by atoms with E-state index in [9.17, 15) is 18.0 Å². The van der Waals surface area contributed by atoms with E-state index < -0.39 is 18.2 Å². The van der Waals surface area contributed by atoms with Crippen LogP contribution in [0.4, 0.5) is 13.2 Å². The van der Waals surface area contributed by atoms with Gasteiger partial charge in [0.2, 0.25) is 17.6 Å². The monoisotopic (exact) mass is 556 g/mol. The van der Waals surface area contributed by atoms with Gasteiger partial charge in [0, 0.05) is 18.7 Å². The second-order valence-electron chi connectivity index (χ2n) is 9.74. The number of carbonyl (C=O) groups excluding carboxylic acids is 1. The molecule has 12 heteroatoms. The van der Waals surface area contributed by atoms with Crippen LogP contribution >= 0.6 is 0 Å². The molecular formula is C27H39F3N4O5. The number of carboxylic acids is 1. The summed E-state index contributed by atoms with van der Waals surface area (Å²) >= 11 is 0. The van der Waals surface area contributed by atoms with E-state index in [1.807, 2.05) is 0 Å². The van der Waals surface area contributed by atoms with Crippen molar-refractivity contribution in [3.05, 3.63) is 35.7 Å². The van der Waals surface area contributed by atoms with Crippen LogP contribution in [-0.2, 0) is 16.0 Å². The number of carboxylic acid groups (broad SMARTS) is 1. The van der Waals surface area contributed by atoms with Gasteiger partial charge in [-0.05, 0) is 24.8 Å². The molecule has 1 saturated heterocycles. The van der Waals surface area contributed by atoms with E-state index in [1.165, 1.54) is 56.9 Å². The number of hydrogen-bond acceptors (Lipinski definition) is 7. The number of likely N-dealkylation sites (tertiary alicyclic amines) is 1. The Kier molecular flexibility index (Phi) is 13.4. The molecular weight excluding hydrogens is 517 g/mol. The zero-order valence-electron chi connectivity index (χ0n) is 22.3. The summed E-state index contributed by atoms with van der Waals surface area (Å²) in [7, 11) is 0. The molecule has 0 bridgehead atoms. The molecule has 2 aromatic rings. The van der Waals surface area contributed by atoms with Crippen molar-refractivity contribution in [2.75, 3.05) is 19.7 Å². The predicted molar refractivity (Wildman–Crippen MR) is 139 cm³/mol. The highest BCUT2D eigenvalue weighted by atomic mass is 19.4. The maximum atomic E-state index is 12.2. The van der Waals surface area contributed by atoms with Gasteiger partial charge in [-0.25, -0.2) is 4.79 Å². The maximum absolute atomic E-state index is 12.2. The van der Waals surface area contributed by atoms with Gasteiger partial charge in [-0.1, -0.05) is 81.3 Å². The molecule has 1 amide bonds. The SMILES string of the molecule is CCCCCCCCCCc1ccc(-c2noc(C3CCN(C(=O)C(N)CO)C3)n2)cc1.O=C(O)C(F)(F)F. The minimum Gasteiger partial charge on any atom is -0.475 e. The lowest BCUT2D eigenvalue weighted by molar-refractivity contribution is -0.192. The van der Waals surface area contributed by atoms with E-state index in [2.05, 4.69) is 41.3 Å². The smallest absolute Gasteiger partial charge is 0.475 e. The third-order valence-electron chi connectivity index (χ3n) is 6.58. The van der Waals surface area contributed by atoms with Crippen molar-refractivity contribution >= 4 is 11.9 Å². The average molecular weight is 557 g/mol. The molecule has 1 aromatic carbocycles. The summed E-state index contributed by atoms with van der Waals surface area (Å²) < 4.78 is 37.2. The van der Waals surface area contributed by atoms with Crippen LogP contribution in [0.3, 0.4) is 0 Å². The number of aliphatic hydroxyl groups excluding tert-OH is 1. The molecule has 0 spiro atoms. The fourth-order valence-electron chi connectivity index (χ4n) is 4.28. The molecule has 0 saturated carbocycles. The summed E-state index contributed by atoms with van der Waals surface area (Å²) in [5, 5.41) is 20.4. The van der Waals surface area contributed by atoms with E-state index in [0.717, 1.165) is 18.4 Å². The van der Waals surface area contributed by atoms with Crippen molar-refractivity contribution in [1.29, 1.82) is 0 Å². The number of aromatic nitrogens is 2. The first kappa shape index (κ1) is 32.2. The number of unbranched alkanes of at least 4 members (excludes halogenated alkanes) is 7. The highest BCUT2D eigenvalue weighted by molar-refractivity contribution is 5.82. The highest BCUT2D eigenvalue weighted by Gasteiger charge is 2.38. The number of benzene rings is 1. The van der Waals surface area contributed by atoms with Crippen molar-refractivity contribution in [1.82, 2.24) is 15.0 Å². The van der Waals surface area contributed by atoms with Crippen LogP contribution in [0.5, 0.6) is 0 Å². The topological polar surface area (TPSA) is 143 Å². The van der Waals surface area contributed by atoms with E-state index in [0.29, 0.717) is 24.8 Å². The Morgan fingerprint density at radius 1 is 1.10 bits per heavy atom. The third kappa shape index (κ3) is 11.0. The molecule has 4 N–H and O–H groups in total. The fourth-order valence-corrected chi connectivity index (χ4v) is 4.28. The number of carbonyl (C=O) groups is 2. The Hall–Kier alpha value is -2.99. The largest absolute Gasteiger partial charge is 0.490 e. The quantitative estimate of drug-likeness (QED) is 0.302. The number of amides is 1. The number of rotatable bonds is 13.